The number of esters is 1. The number of fused-ring (bicyclic) bond motifs is 1. The Morgan fingerprint density at radius 1 is 1.30 bits per heavy atom. The van der Waals surface area contributed by atoms with E-state index in [2.05, 4.69) is 10.1 Å². The summed E-state index contributed by atoms with van der Waals surface area (Å²) < 4.78 is 4.67. The number of ether oxygens (including phenoxy) is 1. The van der Waals surface area contributed by atoms with E-state index in [-0.39, 0.29) is 18.4 Å². The molecule has 0 saturated heterocycles. The maximum atomic E-state index is 12.3. The lowest BCUT2D eigenvalue weighted by molar-refractivity contribution is -0.152. The van der Waals surface area contributed by atoms with Gasteiger partial charge in [0.15, 0.2) is 0 Å². The molecule has 0 radical (unpaired) electrons. The molecule has 3 rings (SSSR count). The van der Waals surface area contributed by atoms with Gasteiger partial charge in [0.05, 0.1) is 6.61 Å². The Balaban J connectivity index is 1.75. The fraction of sp³-hybridized carbons (Fsp3) is 0.471. The number of nitrogens with one attached hydrogen (secondary N) is 1. The third kappa shape index (κ3) is 3.36. The first kappa shape index (κ1) is 15.5. The summed E-state index contributed by atoms with van der Waals surface area (Å²) in [5.74, 6) is -1.29. The van der Waals surface area contributed by atoms with Gasteiger partial charge in [-0.25, -0.2) is 4.79 Å². The van der Waals surface area contributed by atoms with E-state index in [1.165, 1.54) is 0 Å². The topological polar surface area (TPSA) is 75.7 Å². The molecule has 1 saturated carbocycles. The smallest absolute Gasteiger partial charge is 0.397 e. The van der Waals surface area contributed by atoms with Gasteiger partial charge >= 0.3 is 11.9 Å². The SMILES string of the molecule is CCOC(=O)C(=O)Nc1ccc2c(c1)CCCN2C(=O)C1CC1. The summed E-state index contributed by atoms with van der Waals surface area (Å²) in [4.78, 5) is 37.3. The molecule has 6 nitrogen and oxygen atoms in total. The summed E-state index contributed by atoms with van der Waals surface area (Å²) >= 11 is 0. The maximum Gasteiger partial charge on any atom is 0.397 e. The molecule has 1 aliphatic heterocycles. The van der Waals surface area contributed by atoms with Crippen LogP contribution >= 0.6 is 0 Å². The Morgan fingerprint density at radius 2 is 2.09 bits per heavy atom. The van der Waals surface area contributed by atoms with Crippen molar-refractivity contribution in [1.82, 2.24) is 0 Å². The number of rotatable bonds is 3. The second-order valence-corrected chi connectivity index (χ2v) is 5.89. The summed E-state index contributed by atoms with van der Waals surface area (Å²) in [5, 5.41) is 2.54. The third-order valence-corrected chi connectivity index (χ3v) is 4.11. The van der Waals surface area contributed by atoms with Gasteiger partial charge in [-0.05, 0) is 56.4 Å². The van der Waals surface area contributed by atoms with Crippen LogP contribution in [-0.4, -0.2) is 30.9 Å². The van der Waals surface area contributed by atoms with Gasteiger partial charge in [-0.2, -0.15) is 0 Å². The Bertz CT molecular complexity index is 652. The van der Waals surface area contributed by atoms with Crippen LogP contribution in [0.5, 0.6) is 0 Å². The molecule has 1 heterocycles. The second-order valence-electron chi connectivity index (χ2n) is 5.89. The highest BCUT2D eigenvalue weighted by atomic mass is 16.5. The summed E-state index contributed by atoms with van der Waals surface area (Å²) in [6, 6.07) is 5.39. The Kier molecular flexibility index (Phi) is 4.32. The number of anilines is 2. The van der Waals surface area contributed by atoms with Gasteiger partial charge in [0.2, 0.25) is 5.91 Å². The standard InChI is InChI=1S/C17H20N2O4/c1-2-23-17(22)15(20)18-13-7-8-14-12(10-13)4-3-9-19(14)16(21)11-5-6-11/h7-8,10-11H,2-6,9H2,1H3,(H,18,20). The molecule has 0 atom stereocenters. The molecule has 23 heavy (non-hydrogen) atoms. The monoisotopic (exact) mass is 316 g/mol. The molecule has 0 bridgehead atoms. The third-order valence-electron chi connectivity index (χ3n) is 4.11. The second kappa shape index (κ2) is 6.40. The largest absolute Gasteiger partial charge is 0.459 e. The summed E-state index contributed by atoms with van der Waals surface area (Å²) in [6.45, 7) is 2.56. The van der Waals surface area contributed by atoms with Crippen LogP contribution in [-0.2, 0) is 25.5 Å². The van der Waals surface area contributed by atoms with Crippen LogP contribution in [0.2, 0.25) is 0 Å². The number of hydrogen-bond acceptors (Lipinski definition) is 4. The van der Waals surface area contributed by atoms with Crippen molar-refractivity contribution in [3.05, 3.63) is 23.8 Å². The molecule has 1 aromatic carbocycles. The highest BCUT2D eigenvalue weighted by Gasteiger charge is 2.35. The first-order valence-electron chi connectivity index (χ1n) is 8.02. The van der Waals surface area contributed by atoms with Crippen LogP contribution in [0, 0.1) is 5.92 Å². The number of aryl methyl sites for hydroxylation is 1. The lowest BCUT2D eigenvalue weighted by atomic mass is 10.0. The van der Waals surface area contributed by atoms with E-state index in [9.17, 15) is 14.4 Å². The lowest BCUT2D eigenvalue weighted by Gasteiger charge is -2.30. The van der Waals surface area contributed by atoms with Crippen molar-refractivity contribution in [3.63, 3.8) is 0 Å². The van der Waals surface area contributed by atoms with Crippen molar-refractivity contribution in [2.75, 3.05) is 23.4 Å². The summed E-state index contributed by atoms with van der Waals surface area (Å²) in [5.41, 5.74) is 2.48. The fourth-order valence-corrected chi connectivity index (χ4v) is 2.83. The molecule has 6 heteroatoms. The van der Waals surface area contributed by atoms with Crippen molar-refractivity contribution >= 4 is 29.2 Å². The number of carbonyl (C=O) groups excluding carboxylic acids is 3. The van der Waals surface area contributed by atoms with Crippen LogP contribution in [0.15, 0.2) is 18.2 Å². The Labute approximate surface area is 134 Å². The highest BCUT2D eigenvalue weighted by molar-refractivity contribution is 6.37. The van der Waals surface area contributed by atoms with Gasteiger partial charge in [0.25, 0.3) is 0 Å². The first-order chi connectivity index (χ1) is 11.1. The number of benzene rings is 1. The van der Waals surface area contributed by atoms with Gasteiger partial charge in [0.1, 0.15) is 0 Å². The minimum absolute atomic E-state index is 0.161. The minimum Gasteiger partial charge on any atom is -0.459 e. The predicted octanol–water partition coefficient (Wildman–Crippen LogP) is 1.88. The zero-order valence-corrected chi connectivity index (χ0v) is 13.1. The number of amides is 2. The van der Waals surface area contributed by atoms with Crippen molar-refractivity contribution < 1.29 is 19.1 Å². The van der Waals surface area contributed by atoms with E-state index in [0.29, 0.717) is 5.69 Å². The molecule has 0 unspecified atom stereocenters. The van der Waals surface area contributed by atoms with Crippen molar-refractivity contribution in [2.24, 2.45) is 5.92 Å². The highest BCUT2D eigenvalue weighted by Crippen LogP contribution is 2.36. The van der Waals surface area contributed by atoms with Gasteiger partial charge in [-0.1, -0.05) is 0 Å². The number of carbonyl (C=O) groups is 3. The van der Waals surface area contributed by atoms with Crippen LogP contribution in [0.25, 0.3) is 0 Å². The van der Waals surface area contributed by atoms with Crippen LogP contribution in [0.3, 0.4) is 0 Å². The molecule has 1 aliphatic carbocycles. The van der Waals surface area contributed by atoms with Crippen LogP contribution < -0.4 is 10.2 Å². The molecule has 2 amide bonds. The molecule has 2 aliphatic rings. The molecule has 0 spiro atoms. The maximum absolute atomic E-state index is 12.3. The zero-order chi connectivity index (χ0) is 16.4. The summed E-state index contributed by atoms with van der Waals surface area (Å²) in [7, 11) is 0. The van der Waals surface area contributed by atoms with Gasteiger partial charge in [-0.3, -0.25) is 9.59 Å². The van der Waals surface area contributed by atoms with Crippen molar-refractivity contribution in [1.29, 1.82) is 0 Å². The predicted molar refractivity (Wildman–Crippen MR) is 85.1 cm³/mol. The molecule has 1 fully saturated rings. The van der Waals surface area contributed by atoms with E-state index in [1.807, 2.05) is 17.0 Å². The van der Waals surface area contributed by atoms with Gasteiger partial charge in [-0.15, -0.1) is 0 Å². The normalized spacial score (nSPS) is 16.5. The van der Waals surface area contributed by atoms with Gasteiger partial charge in [0, 0.05) is 23.8 Å². The molecule has 122 valence electrons. The lowest BCUT2D eigenvalue weighted by Crippen LogP contribution is -2.36. The Morgan fingerprint density at radius 3 is 2.78 bits per heavy atom. The number of nitrogens with zero attached hydrogens (tertiary/aromatic N) is 1. The molecular formula is C17H20N2O4. The van der Waals surface area contributed by atoms with Crippen molar-refractivity contribution in [2.45, 2.75) is 32.6 Å². The molecule has 1 N–H and O–H groups in total. The fourth-order valence-electron chi connectivity index (χ4n) is 2.83. The van der Waals surface area contributed by atoms with E-state index in [4.69, 9.17) is 0 Å². The molecular weight excluding hydrogens is 296 g/mol. The van der Waals surface area contributed by atoms with Gasteiger partial charge < -0.3 is 15.0 Å². The average Bonchev–Trinajstić information content (AvgIpc) is 3.38. The molecule has 0 aromatic heterocycles. The quantitative estimate of drug-likeness (QED) is 0.682. The zero-order valence-electron chi connectivity index (χ0n) is 13.1. The van der Waals surface area contributed by atoms with Crippen LogP contribution in [0.1, 0.15) is 31.7 Å². The average molecular weight is 316 g/mol. The molecule has 1 aromatic rings. The van der Waals surface area contributed by atoms with E-state index >= 15 is 0 Å². The first-order valence-corrected chi connectivity index (χ1v) is 8.02. The Hall–Kier alpha value is -2.37. The van der Waals surface area contributed by atoms with Crippen molar-refractivity contribution in [3.8, 4) is 0 Å². The minimum atomic E-state index is -0.893. The number of hydrogen-bond donors (Lipinski definition) is 1. The summed E-state index contributed by atoms with van der Waals surface area (Å²) in [6.07, 6.45) is 3.73. The van der Waals surface area contributed by atoms with E-state index in [1.54, 1.807) is 13.0 Å². The van der Waals surface area contributed by atoms with E-state index in [0.717, 1.165) is 43.5 Å². The van der Waals surface area contributed by atoms with E-state index < -0.39 is 11.9 Å². The van der Waals surface area contributed by atoms with Crippen LogP contribution in [0.4, 0.5) is 11.4 Å².